The second kappa shape index (κ2) is 5.63. The van der Waals surface area contributed by atoms with Crippen molar-refractivity contribution in [3.05, 3.63) is 35.1 Å². The Morgan fingerprint density at radius 2 is 2.18 bits per heavy atom. The second-order valence-electron chi connectivity index (χ2n) is 5.40. The number of hydrogen-bond acceptors (Lipinski definition) is 1. The molecule has 1 aromatic carbocycles. The number of halogens is 1. The van der Waals surface area contributed by atoms with Crippen molar-refractivity contribution >= 4 is 0 Å². The quantitative estimate of drug-likeness (QED) is 0.796. The summed E-state index contributed by atoms with van der Waals surface area (Å²) in [6.45, 7) is 5.42. The highest BCUT2D eigenvalue weighted by Gasteiger charge is 2.20. The predicted octanol–water partition coefficient (Wildman–Crippen LogP) is 3.45. The van der Waals surface area contributed by atoms with Gasteiger partial charge in [0.15, 0.2) is 0 Å². The largest absolute Gasteiger partial charge is 0.314 e. The molecule has 0 amide bonds. The van der Waals surface area contributed by atoms with Gasteiger partial charge in [-0.15, -0.1) is 0 Å². The van der Waals surface area contributed by atoms with Crippen LogP contribution in [-0.2, 0) is 6.42 Å². The average Bonchev–Trinajstić information content (AvgIpc) is 3.11. The van der Waals surface area contributed by atoms with E-state index in [-0.39, 0.29) is 5.82 Å². The van der Waals surface area contributed by atoms with Crippen molar-refractivity contribution in [1.82, 2.24) is 5.32 Å². The van der Waals surface area contributed by atoms with Crippen molar-refractivity contribution in [3.8, 4) is 0 Å². The number of benzene rings is 1. The van der Waals surface area contributed by atoms with Crippen LogP contribution in [0.3, 0.4) is 0 Å². The van der Waals surface area contributed by atoms with E-state index in [9.17, 15) is 4.39 Å². The molecule has 1 aromatic rings. The van der Waals surface area contributed by atoms with Crippen LogP contribution in [-0.4, -0.2) is 12.6 Å². The Kier molecular flexibility index (Phi) is 4.16. The minimum absolute atomic E-state index is 0.116. The highest BCUT2D eigenvalue weighted by molar-refractivity contribution is 5.26. The third-order valence-electron chi connectivity index (χ3n) is 3.55. The Bertz CT molecular complexity index is 371. The molecular weight excluding hydrogens is 213 g/mol. The first-order valence-electron chi connectivity index (χ1n) is 6.63. The van der Waals surface area contributed by atoms with E-state index in [2.05, 4.69) is 19.2 Å². The molecule has 1 N–H and O–H groups in total. The summed E-state index contributed by atoms with van der Waals surface area (Å²) in [6, 6.07) is 5.87. The Hall–Kier alpha value is -0.890. The van der Waals surface area contributed by atoms with Crippen LogP contribution in [0.2, 0.25) is 0 Å². The van der Waals surface area contributed by atoms with Gasteiger partial charge in [0.05, 0.1) is 0 Å². The summed E-state index contributed by atoms with van der Waals surface area (Å²) in [4.78, 5) is 0. The Labute approximate surface area is 103 Å². The lowest BCUT2D eigenvalue weighted by Crippen LogP contribution is -2.23. The van der Waals surface area contributed by atoms with Crippen LogP contribution in [0.1, 0.15) is 37.3 Å². The number of aryl methyl sites for hydroxylation is 2. The summed E-state index contributed by atoms with van der Waals surface area (Å²) in [5, 5.41) is 3.54. The van der Waals surface area contributed by atoms with Gasteiger partial charge < -0.3 is 5.32 Å². The van der Waals surface area contributed by atoms with E-state index in [1.54, 1.807) is 6.07 Å². The molecule has 0 saturated heterocycles. The third kappa shape index (κ3) is 4.12. The fraction of sp³-hybridized carbons (Fsp3) is 0.600. The van der Waals surface area contributed by atoms with E-state index in [0.29, 0.717) is 5.92 Å². The van der Waals surface area contributed by atoms with Crippen molar-refractivity contribution in [2.75, 3.05) is 6.54 Å². The average molecular weight is 235 g/mol. The maximum Gasteiger partial charge on any atom is 0.123 e. The number of hydrogen-bond donors (Lipinski definition) is 1. The van der Waals surface area contributed by atoms with E-state index in [0.717, 1.165) is 31.0 Å². The van der Waals surface area contributed by atoms with Crippen molar-refractivity contribution in [2.45, 2.75) is 45.6 Å². The first-order valence-corrected chi connectivity index (χ1v) is 6.63. The van der Waals surface area contributed by atoms with Gasteiger partial charge in [-0.1, -0.05) is 13.0 Å². The minimum Gasteiger partial charge on any atom is -0.314 e. The van der Waals surface area contributed by atoms with Gasteiger partial charge in [0.25, 0.3) is 0 Å². The van der Waals surface area contributed by atoms with Gasteiger partial charge in [0, 0.05) is 6.04 Å². The molecule has 1 atom stereocenters. The third-order valence-corrected chi connectivity index (χ3v) is 3.55. The SMILES string of the molecule is Cc1ccc(F)cc1CCC(C)CNC1CC1. The van der Waals surface area contributed by atoms with Gasteiger partial charge in [-0.3, -0.25) is 0 Å². The van der Waals surface area contributed by atoms with Crippen LogP contribution in [0.15, 0.2) is 18.2 Å². The zero-order valence-electron chi connectivity index (χ0n) is 10.8. The van der Waals surface area contributed by atoms with Crippen molar-refractivity contribution in [3.63, 3.8) is 0 Å². The molecule has 1 unspecified atom stereocenters. The maximum absolute atomic E-state index is 13.1. The van der Waals surface area contributed by atoms with E-state index in [4.69, 9.17) is 0 Å². The summed E-state index contributed by atoms with van der Waals surface area (Å²) in [6.07, 6.45) is 4.80. The molecule has 1 aliphatic rings. The predicted molar refractivity (Wildman–Crippen MR) is 69.6 cm³/mol. The van der Waals surface area contributed by atoms with Crippen molar-refractivity contribution in [1.29, 1.82) is 0 Å². The van der Waals surface area contributed by atoms with Crippen LogP contribution in [0, 0.1) is 18.7 Å². The molecule has 0 bridgehead atoms. The standard InChI is InChI=1S/C15H22FN/c1-11(10-17-15-7-8-15)3-5-13-9-14(16)6-4-12(13)2/h4,6,9,11,15,17H,3,5,7-8,10H2,1-2H3. The smallest absolute Gasteiger partial charge is 0.123 e. The normalized spacial score (nSPS) is 17.1. The van der Waals surface area contributed by atoms with Gasteiger partial charge in [0.1, 0.15) is 5.82 Å². The topological polar surface area (TPSA) is 12.0 Å². The lowest BCUT2D eigenvalue weighted by molar-refractivity contribution is 0.479. The summed E-state index contributed by atoms with van der Waals surface area (Å²) in [7, 11) is 0. The van der Waals surface area contributed by atoms with Gasteiger partial charge in [-0.05, 0) is 68.3 Å². The Morgan fingerprint density at radius 3 is 2.88 bits per heavy atom. The summed E-state index contributed by atoms with van der Waals surface area (Å²) in [5.74, 6) is 0.549. The molecule has 2 heteroatoms. The first-order chi connectivity index (χ1) is 8.15. The van der Waals surface area contributed by atoms with Crippen LogP contribution in [0.5, 0.6) is 0 Å². The van der Waals surface area contributed by atoms with Crippen LogP contribution >= 0.6 is 0 Å². The summed E-state index contributed by atoms with van der Waals surface area (Å²) in [5.41, 5.74) is 2.36. The van der Waals surface area contributed by atoms with E-state index in [1.165, 1.54) is 24.5 Å². The van der Waals surface area contributed by atoms with Crippen LogP contribution in [0.4, 0.5) is 4.39 Å². The fourth-order valence-corrected chi connectivity index (χ4v) is 2.07. The Balaban J connectivity index is 1.77. The lowest BCUT2D eigenvalue weighted by atomic mass is 9.98. The van der Waals surface area contributed by atoms with Gasteiger partial charge in [-0.25, -0.2) is 4.39 Å². The first kappa shape index (κ1) is 12.6. The van der Waals surface area contributed by atoms with Crippen LogP contribution in [0.25, 0.3) is 0 Å². The molecule has 1 fully saturated rings. The van der Waals surface area contributed by atoms with Gasteiger partial charge in [0.2, 0.25) is 0 Å². The second-order valence-corrected chi connectivity index (χ2v) is 5.40. The van der Waals surface area contributed by atoms with E-state index >= 15 is 0 Å². The molecule has 94 valence electrons. The highest BCUT2D eigenvalue weighted by atomic mass is 19.1. The van der Waals surface area contributed by atoms with Gasteiger partial charge >= 0.3 is 0 Å². The zero-order valence-corrected chi connectivity index (χ0v) is 10.8. The summed E-state index contributed by atoms with van der Waals surface area (Å²) < 4.78 is 13.1. The molecule has 0 heterocycles. The number of nitrogens with one attached hydrogen (secondary N) is 1. The van der Waals surface area contributed by atoms with Gasteiger partial charge in [-0.2, -0.15) is 0 Å². The molecule has 0 radical (unpaired) electrons. The molecule has 17 heavy (non-hydrogen) atoms. The molecule has 1 nitrogen and oxygen atoms in total. The zero-order chi connectivity index (χ0) is 12.3. The molecule has 0 aliphatic heterocycles. The Morgan fingerprint density at radius 1 is 1.41 bits per heavy atom. The van der Waals surface area contributed by atoms with E-state index in [1.807, 2.05) is 6.07 Å². The molecule has 1 aliphatic carbocycles. The van der Waals surface area contributed by atoms with Crippen LogP contribution < -0.4 is 5.32 Å². The molecular formula is C15H22FN. The monoisotopic (exact) mass is 235 g/mol. The maximum atomic E-state index is 13.1. The highest BCUT2D eigenvalue weighted by Crippen LogP contribution is 2.20. The van der Waals surface area contributed by atoms with E-state index < -0.39 is 0 Å². The number of rotatable bonds is 6. The van der Waals surface area contributed by atoms with Crippen molar-refractivity contribution < 1.29 is 4.39 Å². The van der Waals surface area contributed by atoms with Crippen molar-refractivity contribution in [2.24, 2.45) is 5.92 Å². The lowest BCUT2D eigenvalue weighted by Gasteiger charge is -2.13. The molecule has 2 rings (SSSR count). The summed E-state index contributed by atoms with van der Waals surface area (Å²) >= 11 is 0. The fourth-order valence-electron chi connectivity index (χ4n) is 2.07. The molecule has 1 saturated carbocycles. The molecule has 0 aromatic heterocycles. The molecule has 0 spiro atoms. The minimum atomic E-state index is -0.116.